The fraction of sp³-hybridized carbons (Fsp3) is 0.333. The summed E-state index contributed by atoms with van der Waals surface area (Å²) in [4.78, 5) is 0. The second kappa shape index (κ2) is 6.62. The Hall–Kier alpha value is -0.830. The SMILES string of the molecule is C(=C\C1CNCCO1)/c1ccccc1.Cl. The number of rotatable bonds is 2. The van der Waals surface area contributed by atoms with Crippen molar-refractivity contribution in [3.8, 4) is 0 Å². The second-order valence-corrected chi connectivity index (χ2v) is 3.38. The van der Waals surface area contributed by atoms with E-state index in [9.17, 15) is 0 Å². The lowest BCUT2D eigenvalue weighted by atomic mass is 10.2. The molecule has 0 aliphatic carbocycles. The topological polar surface area (TPSA) is 21.3 Å². The van der Waals surface area contributed by atoms with Crippen LogP contribution in [0.3, 0.4) is 0 Å². The molecule has 0 bridgehead atoms. The van der Waals surface area contributed by atoms with Gasteiger partial charge in [0, 0.05) is 13.1 Å². The van der Waals surface area contributed by atoms with Crippen molar-refractivity contribution in [2.45, 2.75) is 6.10 Å². The summed E-state index contributed by atoms with van der Waals surface area (Å²) in [6.45, 7) is 2.70. The van der Waals surface area contributed by atoms with Crippen LogP contribution in [0, 0.1) is 0 Å². The molecule has 0 aromatic heterocycles. The van der Waals surface area contributed by atoms with Crippen molar-refractivity contribution >= 4 is 18.5 Å². The van der Waals surface area contributed by atoms with Gasteiger partial charge >= 0.3 is 0 Å². The van der Waals surface area contributed by atoms with Crippen LogP contribution < -0.4 is 5.32 Å². The molecule has 1 heterocycles. The fourth-order valence-electron chi connectivity index (χ4n) is 1.49. The quantitative estimate of drug-likeness (QED) is 0.833. The number of nitrogens with one attached hydrogen (secondary N) is 1. The zero-order chi connectivity index (χ0) is 9.64. The maximum Gasteiger partial charge on any atom is 0.0884 e. The molecule has 1 N–H and O–H groups in total. The van der Waals surface area contributed by atoms with Crippen molar-refractivity contribution in [3.05, 3.63) is 42.0 Å². The van der Waals surface area contributed by atoms with E-state index in [4.69, 9.17) is 4.74 Å². The van der Waals surface area contributed by atoms with Crippen LogP contribution in [0.4, 0.5) is 0 Å². The van der Waals surface area contributed by atoms with E-state index in [1.54, 1.807) is 0 Å². The summed E-state index contributed by atoms with van der Waals surface area (Å²) in [5, 5.41) is 3.29. The average molecular weight is 226 g/mol. The van der Waals surface area contributed by atoms with Crippen molar-refractivity contribution in [1.29, 1.82) is 0 Å². The van der Waals surface area contributed by atoms with Gasteiger partial charge in [-0.05, 0) is 5.56 Å². The summed E-state index contributed by atoms with van der Waals surface area (Å²) in [6, 6.07) is 10.3. The third-order valence-electron chi connectivity index (χ3n) is 2.26. The van der Waals surface area contributed by atoms with Crippen molar-refractivity contribution in [1.82, 2.24) is 5.32 Å². The minimum atomic E-state index is 0. The van der Waals surface area contributed by atoms with E-state index in [-0.39, 0.29) is 18.5 Å². The number of halogens is 1. The van der Waals surface area contributed by atoms with Gasteiger partial charge in [-0.3, -0.25) is 0 Å². The van der Waals surface area contributed by atoms with Gasteiger partial charge in [0.15, 0.2) is 0 Å². The Morgan fingerprint density at radius 2 is 2.07 bits per heavy atom. The molecule has 1 unspecified atom stereocenters. The molecule has 0 amide bonds. The predicted molar refractivity (Wildman–Crippen MR) is 65.3 cm³/mol. The van der Waals surface area contributed by atoms with Crippen LogP contribution in [0.15, 0.2) is 36.4 Å². The Labute approximate surface area is 96.7 Å². The molecule has 0 radical (unpaired) electrons. The average Bonchev–Trinajstić information content (AvgIpc) is 2.29. The summed E-state index contributed by atoms with van der Waals surface area (Å²) in [6.07, 6.45) is 4.45. The molecule has 1 aromatic rings. The van der Waals surface area contributed by atoms with Crippen LogP contribution in [-0.2, 0) is 4.74 Å². The molecule has 1 aromatic carbocycles. The van der Waals surface area contributed by atoms with Crippen LogP contribution in [0.5, 0.6) is 0 Å². The molecule has 0 saturated carbocycles. The molecule has 1 atom stereocenters. The monoisotopic (exact) mass is 225 g/mol. The minimum absolute atomic E-state index is 0. The first-order valence-corrected chi connectivity index (χ1v) is 5.01. The Morgan fingerprint density at radius 1 is 1.27 bits per heavy atom. The molecule has 1 aliphatic heterocycles. The molecule has 0 spiro atoms. The lowest BCUT2D eigenvalue weighted by Crippen LogP contribution is -2.37. The van der Waals surface area contributed by atoms with Gasteiger partial charge in [-0.1, -0.05) is 42.5 Å². The van der Waals surface area contributed by atoms with Gasteiger partial charge in [0.2, 0.25) is 0 Å². The highest BCUT2D eigenvalue weighted by Crippen LogP contribution is 2.04. The maximum atomic E-state index is 5.55. The number of benzene rings is 1. The van der Waals surface area contributed by atoms with E-state index in [1.165, 1.54) is 5.56 Å². The number of hydrogen-bond donors (Lipinski definition) is 1. The molecule has 1 saturated heterocycles. The molecule has 2 rings (SSSR count). The van der Waals surface area contributed by atoms with Gasteiger partial charge in [0.1, 0.15) is 0 Å². The minimum Gasteiger partial charge on any atom is -0.371 e. The molecule has 1 fully saturated rings. The van der Waals surface area contributed by atoms with Crippen LogP contribution >= 0.6 is 12.4 Å². The third-order valence-corrected chi connectivity index (χ3v) is 2.26. The Morgan fingerprint density at radius 3 is 2.73 bits per heavy atom. The van der Waals surface area contributed by atoms with E-state index >= 15 is 0 Å². The Kier molecular flexibility index (Phi) is 5.40. The third kappa shape index (κ3) is 4.04. The zero-order valence-electron chi connectivity index (χ0n) is 8.56. The number of hydrogen-bond acceptors (Lipinski definition) is 2. The summed E-state index contributed by atoms with van der Waals surface area (Å²) in [5.74, 6) is 0. The highest BCUT2D eigenvalue weighted by Gasteiger charge is 2.08. The predicted octanol–water partition coefficient (Wildman–Crippen LogP) is 2.11. The number of morpholine rings is 1. The summed E-state index contributed by atoms with van der Waals surface area (Å²) >= 11 is 0. The molecule has 15 heavy (non-hydrogen) atoms. The van der Waals surface area contributed by atoms with E-state index in [2.05, 4.69) is 29.6 Å². The normalized spacial score (nSPS) is 21.2. The van der Waals surface area contributed by atoms with Crippen molar-refractivity contribution in [2.24, 2.45) is 0 Å². The molecular formula is C12H16ClNO. The molecule has 3 heteroatoms. The molecule has 2 nitrogen and oxygen atoms in total. The molecule has 82 valence electrons. The summed E-state index contributed by atoms with van der Waals surface area (Å²) in [5.41, 5.74) is 1.22. The smallest absolute Gasteiger partial charge is 0.0884 e. The van der Waals surface area contributed by atoms with E-state index < -0.39 is 0 Å². The van der Waals surface area contributed by atoms with E-state index in [1.807, 2.05) is 18.2 Å². The fourth-order valence-corrected chi connectivity index (χ4v) is 1.49. The highest BCUT2D eigenvalue weighted by molar-refractivity contribution is 5.85. The zero-order valence-corrected chi connectivity index (χ0v) is 9.37. The van der Waals surface area contributed by atoms with Crippen molar-refractivity contribution < 1.29 is 4.74 Å². The summed E-state index contributed by atoms with van der Waals surface area (Å²) < 4.78 is 5.55. The van der Waals surface area contributed by atoms with Gasteiger partial charge in [-0.2, -0.15) is 0 Å². The van der Waals surface area contributed by atoms with Crippen LogP contribution in [0.2, 0.25) is 0 Å². The lowest BCUT2D eigenvalue weighted by molar-refractivity contribution is 0.0596. The lowest BCUT2D eigenvalue weighted by Gasteiger charge is -2.20. The van der Waals surface area contributed by atoms with Gasteiger partial charge in [-0.15, -0.1) is 12.4 Å². The van der Waals surface area contributed by atoms with Crippen molar-refractivity contribution in [2.75, 3.05) is 19.7 Å². The first kappa shape index (κ1) is 12.2. The summed E-state index contributed by atoms with van der Waals surface area (Å²) in [7, 11) is 0. The van der Waals surface area contributed by atoms with Gasteiger partial charge in [0.25, 0.3) is 0 Å². The van der Waals surface area contributed by atoms with Crippen LogP contribution in [0.25, 0.3) is 6.08 Å². The van der Waals surface area contributed by atoms with E-state index in [0.717, 1.165) is 19.7 Å². The maximum absolute atomic E-state index is 5.55. The standard InChI is InChI=1S/C12H15NO.ClH/c1-2-4-11(5-3-1)6-7-12-10-13-8-9-14-12;/h1-7,12-13H,8-10H2;1H/b7-6+;. The number of ether oxygens (including phenoxy) is 1. The largest absolute Gasteiger partial charge is 0.371 e. The highest BCUT2D eigenvalue weighted by atomic mass is 35.5. The van der Waals surface area contributed by atoms with Gasteiger partial charge < -0.3 is 10.1 Å². The second-order valence-electron chi connectivity index (χ2n) is 3.38. The molecule has 1 aliphatic rings. The van der Waals surface area contributed by atoms with Gasteiger partial charge in [-0.25, -0.2) is 0 Å². The van der Waals surface area contributed by atoms with Gasteiger partial charge in [0.05, 0.1) is 12.7 Å². The Balaban J connectivity index is 0.00000112. The Bertz CT molecular complexity index is 294. The van der Waals surface area contributed by atoms with Crippen LogP contribution in [-0.4, -0.2) is 25.8 Å². The first-order chi connectivity index (χ1) is 6.95. The van der Waals surface area contributed by atoms with Crippen LogP contribution in [0.1, 0.15) is 5.56 Å². The van der Waals surface area contributed by atoms with E-state index in [0.29, 0.717) is 0 Å². The first-order valence-electron chi connectivity index (χ1n) is 5.01. The van der Waals surface area contributed by atoms with Crippen molar-refractivity contribution in [3.63, 3.8) is 0 Å². The molecular weight excluding hydrogens is 210 g/mol.